The van der Waals surface area contributed by atoms with E-state index in [1.54, 1.807) is 0 Å². The lowest BCUT2D eigenvalue weighted by atomic mass is 10.1. The van der Waals surface area contributed by atoms with Crippen molar-refractivity contribution in [2.24, 2.45) is 0 Å². The van der Waals surface area contributed by atoms with E-state index in [1.807, 2.05) is 25.1 Å². The molecule has 1 aliphatic rings. The van der Waals surface area contributed by atoms with Gasteiger partial charge in [0.2, 0.25) is 11.8 Å². The summed E-state index contributed by atoms with van der Waals surface area (Å²) in [6.07, 6.45) is 1.64. The molecule has 2 aromatic rings. The largest absolute Gasteiger partial charge is 0.352 e. The third-order valence-electron chi connectivity index (χ3n) is 4.73. The number of sulfonamides is 1. The van der Waals surface area contributed by atoms with Crippen LogP contribution >= 0.6 is 23.1 Å². The molecule has 30 heavy (non-hydrogen) atoms. The van der Waals surface area contributed by atoms with Gasteiger partial charge in [-0.1, -0.05) is 30.3 Å². The van der Waals surface area contributed by atoms with Crippen LogP contribution < -0.4 is 10.2 Å². The lowest BCUT2D eigenvalue weighted by Crippen LogP contribution is -2.45. The number of nitrogens with zero attached hydrogens (tertiary/aromatic N) is 2. The zero-order chi connectivity index (χ0) is 21.9. The molecular formula is C20H25N3O4S3. The van der Waals surface area contributed by atoms with Crippen molar-refractivity contribution in [1.29, 1.82) is 0 Å². The Morgan fingerprint density at radius 1 is 1.27 bits per heavy atom. The minimum atomic E-state index is -3.59. The number of carbonyl (C=O) groups excluding carboxylic acids is 2. The third kappa shape index (κ3) is 5.23. The second-order valence-corrected chi connectivity index (χ2v) is 12.0. The van der Waals surface area contributed by atoms with E-state index in [0.717, 1.165) is 32.7 Å². The van der Waals surface area contributed by atoms with Crippen molar-refractivity contribution in [3.05, 3.63) is 42.0 Å². The molecule has 0 aliphatic carbocycles. The number of anilines is 1. The molecular weight excluding hydrogens is 442 g/mol. The Morgan fingerprint density at radius 2 is 1.97 bits per heavy atom. The number of carbonyl (C=O) groups is 2. The van der Waals surface area contributed by atoms with Gasteiger partial charge in [-0.3, -0.25) is 9.59 Å². The molecule has 0 saturated carbocycles. The summed E-state index contributed by atoms with van der Waals surface area (Å²) in [5.74, 6) is -0.276. The van der Waals surface area contributed by atoms with E-state index in [0.29, 0.717) is 5.69 Å². The third-order valence-corrected chi connectivity index (χ3v) is 9.38. The molecule has 1 aromatic heterocycles. The zero-order valence-corrected chi connectivity index (χ0v) is 19.6. The SMILES string of the molecule is C[C@@H](CCc1ccccc1)NC(=O)CN1C(=O)CSc2sc(S(=O)(=O)N(C)C)cc21. The number of thioether (sulfide) groups is 1. The van der Waals surface area contributed by atoms with Crippen molar-refractivity contribution in [2.75, 3.05) is 31.3 Å². The summed E-state index contributed by atoms with van der Waals surface area (Å²) in [7, 11) is -0.660. The summed E-state index contributed by atoms with van der Waals surface area (Å²) in [5, 5.41) is 2.94. The fourth-order valence-electron chi connectivity index (χ4n) is 3.02. The Balaban J connectivity index is 1.65. The van der Waals surface area contributed by atoms with Crippen LogP contribution in [0.2, 0.25) is 0 Å². The molecule has 2 heterocycles. The highest BCUT2D eigenvalue weighted by molar-refractivity contribution is 8.02. The fraction of sp³-hybridized carbons (Fsp3) is 0.400. The number of hydrogen-bond acceptors (Lipinski definition) is 6. The van der Waals surface area contributed by atoms with Crippen molar-refractivity contribution >= 4 is 50.6 Å². The van der Waals surface area contributed by atoms with Gasteiger partial charge in [0.15, 0.2) is 0 Å². The molecule has 0 radical (unpaired) electrons. The quantitative estimate of drug-likeness (QED) is 0.645. The highest BCUT2D eigenvalue weighted by Crippen LogP contribution is 2.43. The van der Waals surface area contributed by atoms with Crippen molar-refractivity contribution in [2.45, 2.75) is 34.2 Å². The molecule has 7 nitrogen and oxygen atoms in total. The Morgan fingerprint density at radius 3 is 2.63 bits per heavy atom. The van der Waals surface area contributed by atoms with E-state index in [4.69, 9.17) is 0 Å². The van der Waals surface area contributed by atoms with Crippen LogP contribution in [0.15, 0.2) is 44.8 Å². The van der Waals surface area contributed by atoms with Crippen molar-refractivity contribution in [3.63, 3.8) is 0 Å². The molecule has 0 bridgehead atoms. The summed E-state index contributed by atoms with van der Waals surface area (Å²) in [6, 6.07) is 11.5. The molecule has 0 saturated heterocycles. The average molecular weight is 468 g/mol. The molecule has 1 N–H and O–H groups in total. The molecule has 1 aromatic carbocycles. The average Bonchev–Trinajstić information content (AvgIpc) is 3.15. The standard InChI is InChI=1S/C20H25N3O4S3/c1-14(9-10-15-7-5-4-6-8-15)21-17(24)12-23-16-11-19(30(26,27)22(2)3)29-20(16)28-13-18(23)25/h4-8,11,14H,9-10,12-13H2,1-3H3,(H,21,24)/t14-/m0/s1. The minimum Gasteiger partial charge on any atom is -0.352 e. The first kappa shape index (κ1) is 22.8. The van der Waals surface area contributed by atoms with Gasteiger partial charge < -0.3 is 10.2 Å². The number of benzene rings is 1. The number of thiophene rings is 1. The summed E-state index contributed by atoms with van der Waals surface area (Å²) < 4.78 is 26.9. The summed E-state index contributed by atoms with van der Waals surface area (Å²) >= 11 is 2.44. The van der Waals surface area contributed by atoms with Crippen LogP contribution in [0.5, 0.6) is 0 Å². The maximum absolute atomic E-state index is 12.6. The molecule has 1 aliphatic heterocycles. The molecule has 10 heteroatoms. The summed E-state index contributed by atoms with van der Waals surface area (Å²) in [6.45, 7) is 1.81. The number of rotatable bonds is 8. The smallest absolute Gasteiger partial charge is 0.252 e. The van der Waals surface area contributed by atoms with Crippen LogP contribution in [-0.2, 0) is 26.0 Å². The first-order chi connectivity index (χ1) is 14.2. The van der Waals surface area contributed by atoms with Gasteiger partial charge in [-0.2, -0.15) is 0 Å². The maximum Gasteiger partial charge on any atom is 0.252 e. The molecule has 3 rings (SSSR count). The summed E-state index contributed by atoms with van der Waals surface area (Å²) in [4.78, 5) is 26.4. The zero-order valence-electron chi connectivity index (χ0n) is 17.1. The fourth-order valence-corrected chi connectivity index (χ4v) is 6.95. The maximum atomic E-state index is 12.6. The predicted octanol–water partition coefficient (Wildman–Crippen LogP) is 2.57. The summed E-state index contributed by atoms with van der Waals surface area (Å²) in [5.41, 5.74) is 1.70. The van der Waals surface area contributed by atoms with Gasteiger partial charge in [-0.25, -0.2) is 12.7 Å². The van der Waals surface area contributed by atoms with E-state index in [9.17, 15) is 18.0 Å². The van der Waals surface area contributed by atoms with Crippen molar-refractivity contribution in [3.8, 4) is 0 Å². The Hall–Kier alpha value is -1.88. The van der Waals surface area contributed by atoms with Crippen LogP contribution in [-0.4, -0.2) is 57.0 Å². The van der Waals surface area contributed by atoms with Crippen LogP contribution in [0, 0.1) is 0 Å². The lowest BCUT2D eigenvalue weighted by Gasteiger charge is -2.26. The van der Waals surface area contributed by atoms with Gasteiger partial charge in [0.1, 0.15) is 10.8 Å². The van der Waals surface area contributed by atoms with Gasteiger partial charge in [-0.05, 0) is 31.4 Å². The Bertz CT molecular complexity index is 1020. The van der Waals surface area contributed by atoms with Crippen LogP contribution in [0.4, 0.5) is 5.69 Å². The molecule has 0 spiro atoms. The van der Waals surface area contributed by atoms with Gasteiger partial charge >= 0.3 is 0 Å². The van der Waals surface area contributed by atoms with Gasteiger partial charge in [0.25, 0.3) is 10.0 Å². The van der Waals surface area contributed by atoms with E-state index in [-0.39, 0.29) is 34.4 Å². The highest BCUT2D eigenvalue weighted by Gasteiger charge is 2.32. The Labute approximate surface area is 185 Å². The molecule has 0 unspecified atom stereocenters. The normalized spacial score (nSPS) is 15.2. The minimum absolute atomic E-state index is 0.0430. The molecule has 1 atom stereocenters. The van der Waals surface area contributed by atoms with Gasteiger partial charge in [0.05, 0.1) is 15.6 Å². The first-order valence-corrected chi connectivity index (χ1v) is 12.8. The number of fused-ring (bicyclic) bond motifs is 1. The van der Waals surface area contributed by atoms with Crippen molar-refractivity contribution in [1.82, 2.24) is 9.62 Å². The first-order valence-electron chi connectivity index (χ1n) is 9.51. The molecule has 0 fully saturated rings. The van der Waals surface area contributed by atoms with Crippen LogP contribution in [0.3, 0.4) is 0 Å². The monoisotopic (exact) mass is 467 g/mol. The van der Waals surface area contributed by atoms with Crippen LogP contribution in [0.1, 0.15) is 18.9 Å². The van der Waals surface area contributed by atoms with E-state index >= 15 is 0 Å². The molecule has 2 amide bonds. The highest BCUT2D eigenvalue weighted by atomic mass is 32.3. The van der Waals surface area contributed by atoms with Crippen LogP contribution in [0.25, 0.3) is 0 Å². The predicted molar refractivity (Wildman–Crippen MR) is 121 cm³/mol. The van der Waals surface area contributed by atoms with Crippen molar-refractivity contribution < 1.29 is 18.0 Å². The lowest BCUT2D eigenvalue weighted by molar-refractivity contribution is -0.123. The second-order valence-electron chi connectivity index (χ2n) is 7.29. The van der Waals surface area contributed by atoms with E-state index < -0.39 is 10.0 Å². The number of nitrogens with one attached hydrogen (secondary N) is 1. The number of hydrogen-bond donors (Lipinski definition) is 1. The number of amides is 2. The topological polar surface area (TPSA) is 86.8 Å². The van der Waals surface area contributed by atoms with E-state index in [2.05, 4.69) is 17.4 Å². The number of aryl methyl sites for hydroxylation is 1. The van der Waals surface area contributed by atoms with E-state index in [1.165, 1.54) is 42.4 Å². The van der Waals surface area contributed by atoms with Gasteiger partial charge in [-0.15, -0.1) is 23.1 Å². The molecule has 162 valence electrons. The second kappa shape index (κ2) is 9.51. The van der Waals surface area contributed by atoms with Gasteiger partial charge in [0, 0.05) is 20.1 Å². The Kier molecular flexibility index (Phi) is 7.22.